The van der Waals surface area contributed by atoms with Gasteiger partial charge in [0.05, 0.1) is 11.7 Å². The Bertz CT molecular complexity index is 730. The van der Waals surface area contributed by atoms with Crippen LogP contribution in [-0.2, 0) is 11.0 Å². The molecule has 134 valence electrons. The molecule has 1 amide bonds. The van der Waals surface area contributed by atoms with Gasteiger partial charge < -0.3 is 14.8 Å². The molecule has 0 bridgehead atoms. The Hall–Kier alpha value is -2.70. The largest absolute Gasteiger partial charge is 0.491 e. The second kappa shape index (κ2) is 7.92. The maximum absolute atomic E-state index is 12.6. The molecule has 0 radical (unpaired) electrons. The van der Waals surface area contributed by atoms with Gasteiger partial charge in [-0.2, -0.15) is 13.2 Å². The summed E-state index contributed by atoms with van der Waals surface area (Å²) in [6, 6.07) is 11.2. The number of carbonyl (C=O) groups excluding carboxylic acids is 1. The minimum absolute atomic E-state index is 0.00445. The van der Waals surface area contributed by atoms with Gasteiger partial charge in [-0.3, -0.25) is 4.79 Å². The third kappa shape index (κ3) is 6.02. The van der Waals surface area contributed by atoms with Gasteiger partial charge in [-0.1, -0.05) is 12.1 Å². The number of hydrogen-bond donors (Lipinski definition) is 1. The molecule has 0 atom stereocenters. The van der Waals surface area contributed by atoms with E-state index in [1.165, 1.54) is 12.1 Å². The highest BCUT2D eigenvalue weighted by atomic mass is 19.4. The number of nitrogens with one attached hydrogen (secondary N) is 1. The normalized spacial score (nSPS) is 11.3. The molecule has 2 aromatic carbocycles. The summed E-state index contributed by atoms with van der Waals surface area (Å²) in [6.45, 7) is 3.36. The fraction of sp³-hybridized carbons (Fsp3) is 0.278. The van der Waals surface area contributed by atoms with Gasteiger partial charge in [0.15, 0.2) is 6.61 Å². The van der Waals surface area contributed by atoms with Gasteiger partial charge in [-0.15, -0.1) is 0 Å². The first-order valence-electron chi connectivity index (χ1n) is 7.60. The molecule has 1 N–H and O–H groups in total. The van der Waals surface area contributed by atoms with Crippen LogP contribution in [0.25, 0.3) is 0 Å². The van der Waals surface area contributed by atoms with Crippen molar-refractivity contribution in [1.29, 1.82) is 0 Å². The van der Waals surface area contributed by atoms with Gasteiger partial charge in [0.1, 0.15) is 11.5 Å². The number of carbonyl (C=O) groups is 1. The Morgan fingerprint density at radius 3 is 2.44 bits per heavy atom. The highest BCUT2D eigenvalue weighted by molar-refractivity contribution is 5.92. The summed E-state index contributed by atoms with van der Waals surface area (Å²) >= 11 is 0. The van der Waals surface area contributed by atoms with Crippen LogP contribution in [0.4, 0.5) is 18.9 Å². The van der Waals surface area contributed by atoms with Crippen LogP contribution in [0.3, 0.4) is 0 Å². The second-order valence-corrected chi connectivity index (χ2v) is 5.56. The van der Waals surface area contributed by atoms with E-state index in [1.54, 1.807) is 24.3 Å². The van der Waals surface area contributed by atoms with Crippen molar-refractivity contribution in [3.05, 3.63) is 54.1 Å². The lowest BCUT2D eigenvalue weighted by Crippen LogP contribution is -2.20. The Kier molecular flexibility index (Phi) is 5.90. The third-order valence-corrected chi connectivity index (χ3v) is 3.02. The van der Waals surface area contributed by atoms with Crippen LogP contribution in [-0.4, -0.2) is 18.6 Å². The molecule has 0 saturated heterocycles. The molecular weight excluding hydrogens is 335 g/mol. The summed E-state index contributed by atoms with van der Waals surface area (Å²) in [6.07, 6.45) is -4.46. The number of rotatable bonds is 6. The Morgan fingerprint density at radius 1 is 1.08 bits per heavy atom. The number of anilines is 1. The Balaban J connectivity index is 1.93. The molecule has 0 aromatic heterocycles. The monoisotopic (exact) mass is 353 g/mol. The predicted molar refractivity (Wildman–Crippen MR) is 87.8 cm³/mol. The Labute approximate surface area is 143 Å². The van der Waals surface area contributed by atoms with Crippen molar-refractivity contribution in [3.63, 3.8) is 0 Å². The molecule has 0 unspecified atom stereocenters. The van der Waals surface area contributed by atoms with Crippen LogP contribution in [0.2, 0.25) is 0 Å². The summed E-state index contributed by atoms with van der Waals surface area (Å²) in [5.41, 5.74) is -0.320. The van der Waals surface area contributed by atoms with Gasteiger partial charge in [0.2, 0.25) is 0 Å². The van der Waals surface area contributed by atoms with Crippen LogP contribution in [0, 0.1) is 0 Å². The molecular formula is C18H18F3NO3. The van der Waals surface area contributed by atoms with Gasteiger partial charge >= 0.3 is 6.18 Å². The summed E-state index contributed by atoms with van der Waals surface area (Å²) < 4.78 is 48.6. The number of alkyl halides is 3. The van der Waals surface area contributed by atoms with Crippen LogP contribution in [0.15, 0.2) is 48.5 Å². The average molecular weight is 353 g/mol. The number of benzene rings is 2. The molecule has 2 aromatic rings. The van der Waals surface area contributed by atoms with E-state index >= 15 is 0 Å². The average Bonchev–Trinajstić information content (AvgIpc) is 2.52. The number of ether oxygens (including phenoxy) is 2. The van der Waals surface area contributed by atoms with Crippen molar-refractivity contribution in [1.82, 2.24) is 0 Å². The maximum atomic E-state index is 12.6. The molecule has 2 rings (SSSR count). The minimum Gasteiger partial charge on any atom is -0.491 e. The maximum Gasteiger partial charge on any atom is 0.416 e. The first-order chi connectivity index (χ1) is 11.7. The van der Waals surface area contributed by atoms with Crippen molar-refractivity contribution < 1.29 is 27.4 Å². The zero-order valence-corrected chi connectivity index (χ0v) is 13.8. The standard InChI is InChI=1S/C18H18F3NO3/c1-12(2)25-16-8-4-6-14(10-16)22-17(23)11-24-15-7-3-5-13(9-15)18(19,20)21/h3-10,12H,11H2,1-2H3,(H,22,23). The molecule has 0 saturated carbocycles. The molecule has 0 aliphatic heterocycles. The summed E-state index contributed by atoms with van der Waals surface area (Å²) in [7, 11) is 0. The van der Waals surface area contributed by atoms with Crippen LogP contribution in [0.1, 0.15) is 19.4 Å². The van der Waals surface area contributed by atoms with Gasteiger partial charge in [-0.05, 0) is 44.2 Å². The van der Waals surface area contributed by atoms with Gasteiger partial charge in [0, 0.05) is 11.8 Å². The smallest absolute Gasteiger partial charge is 0.416 e. The van der Waals surface area contributed by atoms with E-state index in [0.717, 1.165) is 12.1 Å². The third-order valence-electron chi connectivity index (χ3n) is 3.02. The van der Waals surface area contributed by atoms with Crippen molar-refractivity contribution in [2.75, 3.05) is 11.9 Å². The van der Waals surface area contributed by atoms with Gasteiger partial charge in [-0.25, -0.2) is 0 Å². The zero-order chi connectivity index (χ0) is 18.4. The SMILES string of the molecule is CC(C)Oc1cccc(NC(=O)COc2cccc(C(F)(F)F)c2)c1. The van der Waals surface area contributed by atoms with Crippen molar-refractivity contribution >= 4 is 11.6 Å². The molecule has 0 aliphatic carbocycles. The first kappa shape index (κ1) is 18.6. The fourth-order valence-electron chi connectivity index (χ4n) is 2.03. The first-order valence-corrected chi connectivity index (χ1v) is 7.60. The Morgan fingerprint density at radius 2 is 1.76 bits per heavy atom. The zero-order valence-electron chi connectivity index (χ0n) is 13.8. The molecule has 0 spiro atoms. The topological polar surface area (TPSA) is 47.6 Å². The molecule has 0 fully saturated rings. The highest BCUT2D eigenvalue weighted by Gasteiger charge is 2.30. The molecule has 7 heteroatoms. The van der Waals surface area contributed by atoms with Crippen LogP contribution < -0.4 is 14.8 Å². The van der Waals surface area contributed by atoms with E-state index in [1.807, 2.05) is 13.8 Å². The van der Waals surface area contributed by atoms with E-state index in [2.05, 4.69) is 5.32 Å². The van der Waals surface area contributed by atoms with E-state index < -0.39 is 24.3 Å². The lowest BCUT2D eigenvalue weighted by molar-refractivity contribution is -0.137. The quantitative estimate of drug-likeness (QED) is 0.831. The van der Waals surface area contributed by atoms with Gasteiger partial charge in [0.25, 0.3) is 5.91 Å². The van der Waals surface area contributed by atoms with Crippen molar-refractivity contribution in [2.24, 2.45) is 0 Å². The van der Waals surface area contributed by atoms with Crippen molar-refractivity contribution in [3.8, 4) is 11.5 Å². The predicted octanol–water partition coefficient (Wildman–Crippen LogP) is 4.51. The molecule has 0 aliphatic rings. The minimum atomic E-state index is -4.46. The fourth-order valence-corrected chi connectivity index (χ4v) is 2.03. The van der Waals surface area contributed by atoms with E-state index in [-0.39, 0.29) is 11.9 Å². The van der Waals surface area contributed by atoms with E-state index in [4.69, 9.17) is 9.47 Å². The lowest BCUT2D eigenvalue weighted by atomic mass is 10.2. The molecule has 4 nitrogen and oxygen atoms in total. The lowest BCUT2D eigenvalue weighted by Gasteiger charge is -2.12. The number of amides is 1. The highest BCUT2D eigenvalue weighted by Crippen LogP contribution is 2.31. The van der Waals surface area contributed by atoms with Crippen molar-refractivity contribution in [2.45, 2.75) is 26.1 Å². The van der Waals surface area contributed by atoms with E-state index in [9.17, 15) is 18.0 Å². The van der Waals surface area contributed by atoms with E-state index in [0.29, 0.717) is 11.4 Å². The molecule has 0 heterocycles. The second-order valence-electron chi connectivity index (χ2n) is 5.56. The molecule has 25 heavy (non-hydrogen) atoms. The van der Waals surface area contributed by atoms with Crippen LogP contribution >= 0.6 is 0 Å². The van der Waals surface area contributed by atoms with Crippen LogP contribution in [0.5, 0.6) is 11.5 Å². The summed E-state index contributed by atoms with van der Waals surface area (Å²) in [5, 5.41) is 2.60. The summed E-state index contributed by atoms with van der Waals surface area (Å²) in [5.74, 6) is 0.0903. The summed E-state index contributed by atoms with van der Waals surface area (Å²) in [4.78, 5) is 11.9. The number of halogens is 3. The number of hydrogen-bond acceptors (Lipinski definition) is 3.